The second-order valence-corrected chi connectivity index (χ2v) is 18.7. The summed E-state index contributed by atoms with van der Waals surface area (Å²) in [7, 11) is 1.59. The monoisotopic (exact) mass is 969 g/mol. The average molecular weight is 970 g/mol. The minimum Gasteiger partial charge on any atom is -0.508 e. The molecule has 0 aliphatic carbocycles. The number of anilines is 2. The number of amides is 4. The molecule has 0 bridgehead atoms. The third kappa shape index (κ3) is 8.27. The number of esters is 1. The molecule has 4 aliphatic rings. The second kappa shape index (κ2) is 19.4. The van der Waals surface area contributed by atoms with Crippen molar-refractivity contribution in [2.24, 2.45) is 5.92 Å². The fourth-order valence-corrected chi connectivity index (χ4v) is 11.3. The van der Waals surface area contributed by atoms with Gasteiger partial charge < -0.3 is 29.7 Å². The summed E-state index contributed by atoms with van der Waals surface area (Å²) in [5, 5.41) is 14.0. The van der Waals surface area contributed by atoms with Crippen molar-refractivity contribution in [2.75, 3.05) is 43.1 Å². The second-order valence-electron chi connectivity index (χ2n) is 18.7. The molecule has 73 heavy (non-hydrogen) atoms. The molecule has 1 aromatic heterocycles. The van der Waals surface area contributed by atoms with Crippen LogP contribution in [0.5, 0.6) is 11.5 Å². The molecule has 4 amide bonds. The van der Waals surface area contributed by atoms with Crippen LogP contribution in [-0.2, 0) is 24.5 Å². The lowest BCUT2D eigenvalue weighted by Gasteiger charge is -2.46. The van der Waals surface area contributed by atoms with E-state index in [1.807, 2.05) is 132 Å². The highest BCUT2D eigenvalue weighted by atomic mass is 16.6. The number of hydrogen-bond donors (Lipinski definition) is 2. The Morgan fingerprint density at radius 3 is 2.00 bits per heavy atom. The summed E-state index contributed by atoms with van der Waals surface area (Å²) in [5.41, 5.74) is 2.62. The molecule has 2 N–H and O–H groups in total. The van der Waals surface area contributed by atoms with E-state index in [4.69, 9.17) is 9.47 Å². The fourth-order valence-electron chi connectivity index (χ4n) is 11.3. The highest BCUT2D eigenvalue weighted by Gasteiger charge is 2.76. The van der Waals surface area contributed by atoms with Gasteiger partial charge in [-0.3, -0.25) is 19.3 Å². The van der Waals surface area contributed by atoms with E-state index in [0.717, 1.165) is 16.0 Å². The average Bonchev–Trinajstić information content (AvgIpc) is 3.90. The Labute approximate surface area is 422 Å². The molecule has 11 rings (SSSR count). The molecule has 7 atom stereocenters. The molecule has 7 unspecified atom stereocenters. The first-order valence-electron chi connectivity index (χ1n) is 24.3. The molecular weight excluding hydrogens is 919 g/mol. The van der Waals surface area contributed by atoms with Gasteiger partial charge in [0.1, 0.15) is 29.1 Å². The zero-order valence-corrected chi connectivity index (χ0v) is 40.1. The van der Waals surface area contributed by atoms with Crippen molar-refractivity contribution in [1.29, 1.82) is 0 Å². The Morgan fingerprint density at radius 2 is 1.34 bits per heavy atom. The number of ether oxygens (including phenoxy) is 2. The smallest absolute Gasteiger partial charge is 0.329 e. The number of nitrogens with zero attached hydrogens (tertiary/aromatic N) is 6. The maximum Gasteiger partial charge on any atom is 0.329 e. The molecule has 6 aromatic carbocycles. The van der Waals surface area contributed by atoms with Crippen LogP contribution in [0.2, 0.25) is 0 Å². The van der Waals surface area contributed by atoms with Crippen LogP contribution in [0, 0.1) is 17.8 Å². The van der Waals surface area contributed by atoms with Gasteiger partial charge in [0.25, 0.3) is 0 Å². The van der Waals surface area contributed by atoms with Crippen LogP contribution in [0.1, 0.15) is 70.1 Å². The lowest BCUT2D eigenvalue weighted by atomic mass is 9.64. The number of carbonyl (C=O) groups is 4. The van der Waals surface area contributed by atoms with E-state index in [-0.39, 0.29) is 24.5 Å². The van der Waals surface area contributed by atoms with Crippen LogP contribution in [0.3, 0.4) is 0 Å². The lowest BCUT2D eigenvalue weighted by molar-refractivity contribution is -0.179. The summed E-state index contributed by atoms with van der Waals surface area (Å²) in [4.78, 5) is 79.8. The predicted octanol–water partition coefficient (Wildman–Crippen LogP) is 8.08. The van der Waals surface area contributed by atoms with Crippen molar-refractivity contribution in [3.63, 3.8) is 0 Å². The number of aromatic hydroxyl groups is 1. The standard InChI is InChI=1S/C59H51N7O7/c1-38(41-13-6-3-7-14-41)62-58(71)65-48-30-23-40(20-19-39-21-28-46(72-2)29-22-39)37-47(48)59(56(65)70)49(54(68)63-33-35-64(36-34-63)57-60-31-12-32-61-57)51-55(69)73-52(43-17-10-5-11-18-43)50(42-15-8-4-9-16-42)66(51)53(59)44-24-26-45(67)27-25-44/h3-18,21-32,37-38,49-53,67H,33-36H2,1-2H3,(H,62,71). The summed E-state index contributed by atoms with van der Waals surface area (Å²) in [6, 6.07) is 44.9. The zero-order chi connectivity index (χ0) is 50.2. The summed E-state index contributed by atoms with van der Waals surface area (Å²) in [6.45, 7) is 3.03. The number of phenols is 1. The molecule has 364 valence electrons. The Bertz CT molecular complexity index is 3240. The molecule has 14 heteroatoms. The molecule has 7 aromatic rings. The third-order valence-electron chi connectivity index (χ3n) is 14.6. The fraction of sp³-hybridized carbons (Fsp3) is 0.220. The molecule has 0 saturated carbocycles. The first-order valence-corrected chi connectivity index (χ1v) is 24.3. The highest BCUT2D eigenvalue weighted by Crippen LogP contribution is 2.66. The number of aromatic nitrogens is 2. The molecule has 4 aliphatic heterocycles. The summed E-state index contributed by atoms with van der Waals surface area (Å²) >= 11 is 0. The van der Waals surface area contributed by atoms with E-state index in [9.17, 15) is 5.11 Å². The number of carbonyl (C=O) groups excluding carboxylic acids is 4. The number of morpholine rings is 1. The number of imide groups is 1. The van der Waals surface area contributed by atoms with Gasteiger partial charge in [0.15, 0.2) is 0 Å². The van der Waals surface area contributed by atoms with Crippen LogP contribution < -0.4 is 19.9 Å². The number of cyclic esters (lactones) is 1. The number of piperazine rings is 1. The molecule has 5 heterocycles. The first-order chi connectivity index (χ1) is 35.6. The maximum atomic E-state index is 16.8. The summed E-state index contributed by atoms with van der Waals surface area (Å²) in [5.74, 6) is 4.40. The van der Waals surface area contributed by atoms with Crippen LogP contribution >= 0.6 is 0 Å². The van der Waals surface area contributed by atoms with E-state index in [1.54, 1.807) is 60.8 Å². The van der Waals surface area contributed by atoms with Crippen LogP contribution in [0.4, 0.5) is 16.4 Å². The van der Waals surface area contributed by atoms with Gasteiger partial charge in [-0.25, -0.2) is 19.7 Å². The number of hydrogen-bond acceptors (Lipinski definition) is 11. The van der Waals surface area contributed by atoms with Gasteiger partial charge in [-0.2, -0.15) is 0 Å². The Balaban J connectivity index is 1.16. The van der Waals surface area contributed by atoms with Gasteiger partial charge in [-0.15, -0.1) is 0 Å². The van der Waals surface area contributed by atoms with E-state index in [2.05, 4.69) is 27.1 Å². The number of urea groups is 1. The Hall–Kier alpha value is -8.80. The van der Waals surface area contributed by atoms with Gasteiger partial charge in [0.05, 0.1) is 36.8 Å². The molecule has 14 nitrogen and oxygen atoms in total. The number of phenolic OH excluding ortho intramolecular Hbond substituents is 1. The van der Waals surface area contributed by atoms with E-state index < -0.39 is 65.4 Å². The third-order valence-corrected chi connectivity index (χ3v) is 14.6. The van der Waals surface area contributed by atoms with Gasteiger partial charge in [-0.05, 0) is 95.4 Å². The summed E-state index contributed by atoms with van der Waals surface area (Å²) in [6.07, 6.45) is 2.43. The molecule has 3 saturated heterocycles. The minimum atomic E-state index is -2.00. The number of rotatable bonds is 8. The minimum absolute atomic E-state index is 0.0230. The molecular formula is C59H51N7O7. The van der Waals surface area contributed by atoms with Crippen LogP contribution in [0.15, 0.2) is 176 Å². The van der Waals surface area contributed by atoms with E-state index in [1.165, 1.54) is 12.1 Å². The lowest BCUT2D eigenvalue weighted by Crippen LogP contribution is -2.59. The predicted molar refractivity (Wildman–Crippen MR) is 273 cm³/mol. The summed E-state index contributed by atoms with van der Waals surface area (Å²) < 4.78 is 12.1. The number of methoxy groups -OCH3 is 1. The van der Waals surface area contributed by atoms with E-state index in [0.29, 0.717) is 52.6 Å². The maximum absolute atomic E-state index is 16.8. The topological polar surface area (TPSA) is 158 Å². The number of benzene rings is 6. The zero-order valence-electron chi connectivity index (χ0n) is 40.1. The van der Waals surface area contributed by atoms with Crippen molar-refractivity contribution in [1.82, 2.24) is 25.1 Å². The van der Waals surface area contributed by atoms with E-state index >= 15 is 19.2 Å². The van der Waals surface area contributed by atoms with Gasteiger partial charge in [-0.1, -0.05) is 115 Å². The molecule has 0 radical (unpaired) electrons. The number of nitrogens with one attached hydrogen (secondary N) is 1. The highest BCUT2D eigenvalue weighted by molar-refractivity contribution is 6.24. The van der Waals surface area contributed by atoms with Gasteiger partial charge in [0, 0.05) is 49.7 Å². The largest absolute Gasteiger partial charge is 0.508 e. The van der Waals surface area contributed by atoms with Crippen molar-refractivity contribution in [3.05, 3.63) is 215 Å². The van der Waals surface area contributed by atoms with Crippen LogP contribution in [-0.4, -0.2) is 88.0 Å². The number of fused-ring (bicyclic) bond motifs is 3. The van der Waals surface area contributed by atoms with Crippen molar-refractivity contribution < 1.29 is 33.8 Å². The normalized spacial score (nSPS) is 22.7. The van der Waals surface area contributed by atoms with Crippen LogP contribution in [0.25, 0.3) is 0 Å². The Morgan fingerprint density at radius 1 is 0.726 bits per heavy atom. The quantitative estimate of drug-likeness (QED) is 0.112. The van der Waals surface area contributed by atoms with Crippen molar-refractivity contribution in [3.8, 4) is 23.3 Å². The van der Waals surface area contributed by atoms with Gasteiger partial charge in [0.2, 0.25) is 17.8 Å². The van der Waals surface area contributed by atoms with Gasteiger partial charge >= 0.3 is 12.0 Å². The Kier molecular flexibility index (Phi) is 12.4. The van der Waals surface area contributed by atoms with Crippen molar-refractivity contribution >= 4 is 35.5 Å². The first kappa shape index (κ1) is 46.6. The molecule has 3 fully saturated rings. The SMILES string of the molecule is COc1ccc(C#Cc2ccc3c(c2)C2(C(=O)N3C(=O)NC(C)c3ccccc3)C(C(=O)N3CCN(c4ncccn4)CC3)C3C(=O)OC(c4ccccc4)C(c4ccccc4)N3C2c2ccc(O)cc2)cc1. The van der Waals surface area contributed by atoms with Crippen molar-refractivity contribution in [2.45, 2.75) is 42.6 Å². The molecule has 1 spiro atoms.